The van der Waals surface area contributed by atoms with Gasteiger partial charge in [0.05, 0.1) is 12.6 Å². The number of unbranched alkanes of at least 4 members (excludes halogenated alkanes) is 1. The first-order chi connectivity index (χ1) is 22.9. The molecular weight excluding hydrogens is 657 g/mol. The Hall–Kier alpha value is -4.09. The fourth-order valence-electron chi connectivity index (χ4n) is 6.64. The number of pyridine rings is 1. The number of halogens is 3. The number of amides is 2. The number of aromatic nitrogens is 1. The molecule has 3 aliphatic rings. The Morgan fingerprint density at radius 1 is 1.20 bits per heavy atom. The van der Waals surface area contributed by atoms with E-state index in [1.165, 1.54) is 6.20 Å². The number of carbonyl (C=O) groups excluding carboxylic acids is 2. The second kappa shape index (κ2) is 13.7. The van der Waals surface area contributed by atoms with Crippen LogP contribution in [0.1, 0.15) is 92.3 Å². The van der Waals surface area contributed by atoms with E-state index in [4.69, 9.17) is 14.0 Å². The summed E-state index contributed by atoms with van der Waals surface area (Å²) in [6.45, 7) is 13.6. The molecule has 3 aliphatic heterocycles. The van der Waals surface area contributed by atoms with Gasteiger partial charge in [0.25, 0.3) is 11.8 Å². The molecule has 2 amide bonds. The highest BCUT2D eigenvalue weighted by atomic mass is 28.4. The third kappa shape index (κ3) is 7.57. The summed E-state index contributed by atoms with van der Waals surface area (Å²) >= 11 is 0. The van der Waals surface area contributed by atoms with Gasteiger partial charge in [0.15, 0.2) is 25.4 Å². The van der Waals surface area contributed by atoms with Crippen LogP contribution in [0.2, 0.25) is 19.6 Å². The van der Waals surface area contributed by atoms with Crippen LogP contribution in [0.15, 0.2) is 28.3 Å². The Morgan fingerprint density at radius 2 is 1.90 bits per heavy atom. The van der Waals surface area contributed by atoms with Crippen molar-refractivity contribution in [1.82, 2.24) is 14.8 Å². The third-order valence-corrected chi connectivity index (χ3v) is 10.0. The standard InChI is InChI=1S/C35H43F3N4O6Si/c1-8-9-14-46-31-29-33(45)41-20-28(35(13-10-21(41)2)17-23(40-47-35)11-12-34(3,4)48-49(5,6)7)42(29)19-25(30(31)43)32(44)39-18-24-26(37)15-22(36)16-27(24)38/h15-16,19,21,28H,8-10,13-14,17-18,20H2,1-7H3,(H,39,44)/t21-,28+,35-/m0/s1. The predicted molar refractivity (Wildman–Crippen MR) is 180 cm³/mol. The van der Waals surface area contributed by atoms with E-state index in [0.29, 0.717) is 43.5 Å². The number of nitrogens with one attached hydrogen (secondary N) is 1. The smallest absolute Gasteiger partial charge is 0.274 e. The van der Waals surface area contributed by atoms with Crippen molar-refractivity contribution in [2.24, 2.45) is 5.16 Å². The van der Waals surface area contributed by atoms with Crippen LogP contribution in [0.25, 0.3) is 0 Å². The number of nitrogens with zero attached hydrogens (tertiary/aromatic N) is 3. The van der Waals surface area contributed by atoms with Gasteiger partial charge in [-0.3, -0.25) is 14.4 Å². The highest BCUT2D eigenvalue weighted by molar-refractivity contribution is 6.69. The van der Waals surface area contributed by atoms with Crippen LogP contribution in [0, 0.1) is 29.3 Å². The number of hydrogen-bond donors (Lipinski definition) is 1. The van der Waals surface area contributed by atoms with Gasteiger partial charge in [0.1, 0.15) is 34.3 Å². The molecule has 5 rings (SSSR count). The molecule has 4 heterocycles. The maximum atomic E-state index is 14.4. The predicted octanol–water partition coefficient (Wildman–Crippen LogP) is 5.70. The molecule has 1 aromatic heterocycles. The lowest BCUT2D eigenvalue weighted by molar-refractivity contribution is -0.0656. The number of benzene rings is 1. The van der Waals surface area contributed by atoms with Crippen molar-refractivity contribution in [3.8, 4) is 17.6 Å². The summed E-state index contributed by atoms with van der Waals surface area (Å²) in [6.07, 6.45) is 3.99. The van der Waals surface area contributed by atoms with Crippen LogP contribution in [-0.2, 0) is 15.8 Å². The van der Waals surface area contributed by atoms with E-state index in [2.05, 4.69) is 42.0 Å². The summed E-state index contributed by atoms with van der Waals surface area (Å²) in [5, 5.41) is 6.75. The molecule has 2 aromatic rings. The quantitative estimate of drug-likeness (QED) is 0.204. The SMILES string of the molecule is CCCCOc1c2n(cc(C(=O)NCc3c(F)cc(F)cc3F)c1=O)[C@@H]1CN(C2=O)[C@@H](C)CC[C@]12CC(C#CC(C)(C)O[Si](C)(C)C)=NO2. The van der Waals surface area contributed by atoms with E-state index in [1.54, 1.807) is 9.47 Å². The van der Waals surface area contributed by atoms with Gasteiger partial charge in [-0.2, -0.15) is 0 Å². The minimum atomic E-state index is -1.89. The van der Waals surface area contributed by atoms with E-state index in [-0.39, 0.29) is 30.6 Å². The van der Waals surface area contributed by atoms with E-state index < -0.39 is 77.9 Å². The zero-order valence-electron chi connectivity index (χ0n) is 29.0. The van der Waals surface area contributed by atoms with Crippen molar-refractivity contribution in [1.29, 1.82) is 0 Å². The van der Waals surface area contributed by atoms with Gasteiger partial charge in [-0.1, -0.05) is 24.4 Å². The number of rotatable bonds is 9. The third-order valence-electron chi connectivity index (χ3n) is 8.88. The van der Waals surface area contributed by atoms with Crippen LogP contribution < -0.4 is 15.5 Å². The Bertz CT molecular complexity index is 1790. The molecule has 2 bridgehead atoms. The molecule has 49 heavy (non-hydrogen) atoms. The van der Waals surface area contributed by atoms with Crippen molar-refractivity contribution < 1.29 is 36.8 Å². The molecule has 1 saturated heterocycles. The molecule has 14 heteroatoms. The summed E-state index contributed by atoms with van der Waals surface area (Å²) in [5.41, 5.74) is -2.99. The number of ether oxygens (including phenoxy) is 1. The van der Waals surface area contributed by atoms with Gasteiger partial charge in [-0.05, 0) is 65.6 Å². The fourth-order valence-corrected chi connectivity index (χ4v) is 8.22. The Morgan fingerprint density at radius 3 is 2.55 bits per heavy atom. The van der Waals surface area contributed by atoms with Crippen LogP contribution >= 0.6 is 0 Å². The molecule has 0 unspecified atom stereocenters. The zero-order chi connectivity index (χ0) is 35.9. The molecular formula is C35H43F3N4O6Si. The highest BCUT2D eigenvalue weighted by Gasteiger charge is 2.54. The van der Waals surface area contributed by atoms with Crippen molar-refractivity contribution >= 4 is 25.8 Å². The van der Waals surface area contributed by atoms with E-state index in [9.17, 15) is 27.6 Å². The van der Waals surface area contributed by atoms with Crippen molar-refractivity contribution in [3.63, 3.8) is 0 Å². The molecule has 1 fully saturated rings. The molecule has 1 N–H and O–H groups in total. The van der Waals surface area contributed by atoms with Crippen LogP contribution in [-0.4, -0.2) is 65.7 Å². The molecule has 1 aromatic carbocycles. The first kappa shape index (κ1) is 36.2. The highest BCUT2D eigenvalue weighted by Crippen LogP contribution is 2.46. The second-order valence-electron chi connectivity index (χ2n) is 14.4. The van der Waals surface area contributed by atoms with Crippen molar-refractivity contribution in [2.45, 2.75) is 109 Å². The van der Waals surface area contributed by atoms with Crippen molar-refractivity contribution in [2.75, 3.05) is 13.2 Å². The lowest BCUT2D eigenvalue weighted by Crippen LogP contribution is -2.52. The second-order valence-corrected chi connectivity index (χ2v) is 18.8. The molecule has 3 atom stereocenters. The Balaban J connectivity index is 1.56. The molecule has 1 spiro atoms. The minimum Gasteiger partial charge on any atom is -0.487 e. The van der Waals surface area contributed by atoms with Gasteiger partial charge in [-0.15, -0.1) is 0 Å². The Kier molecular flexibility index (Phi) is 10.1. The van der Waals surface area contributed by atoms with Crippen LogP contribution in [0.5, 0.6) is 5.75 Å². The lowest BCUT2D eigenvalue weighted by Gasteiger charge is -2.42. The maximum absolute atomic E-state index is 14.4. The summed E-state index contributed by atoms with van der Waals surface area (Å²) in [4.78, 5) is 49.4. The van der Waals surface area contributed by atoms with Gasteiger partial charge in [0.2, 0.25) is 5.43 Å². The molecule has 264 valence electrons. The monoisotopic (exact) mass is 700 g/mol. The number of carbonyl (C=O) groups is 2. The van der Waals surface area contributed by atoms with Gasteiger partial charge in [-0.25, -0.2) is 13.2 Å². The van der Waals surface area contributed by atoms with Gasteiger partial charge < -0.3 is 28.8 Å². The summed E-state index contributed by atoms with van der Waals surface area (Å²) in [7, 11) is -1.89. The van der Waals surface area contributed by atoms with Crippen molar-refractivity contribution in [3.05, 3.63) is 62.8 Å². The molecule has 0 radical (unpaired) electrons. The summed E-state index contributed by atoms with van der Waals surface area (Å²) in [5.74, 6) is 1.20. The fraction of sp³-hybridized carbons (Fsp3) is 0.543. The largest absolute Gasteiger partial charge is 0.487 e. The molecule has 10 nitrogen and oxygen atoms in total. The summed E-state index contributed by atoms with van der Waals surface area (Å²) in [6, 6.07) is 0.204. The minimum absolute atomic E-state index is 0.00884. The average molecular weight is 701 g/mol. The number of hydrogen-bond acceptors (Lipinski definition) is 7. The van der Waals surface area contributed by atoms with Gasteiger partial charge >= 0.3 is 0 Å². The van der Waals surface area contributed by atoms with E-state index in [0.717, 1.165) is 6.42 Å². The zero-order valence-corrected chi connectivity index (χ0v) is 30.0. The summed E-state index contributed by atoms with van der Waals surface area (Å²) < 4.78 is 55.9. The first-order valence-corrected chi connectivity index (χ1v) is 20.0. The molecule has 0 saturated carbocycles. The first-order valence-electron chi connectivity index (χ1n) is 16.6. The lowest BCUT2D eigenvalue weighted by atomic mass is 9.84. The van der Waals surface area contributed by atoms with E-state index >= 15 is 0 Å². The maximum Gasteiger partial charge on any atom is 0.274 e. The normalized spacial score (nSPS) is 21.7. The van der Waals surface area contributed by atoms with Gasteiger partial charge in [0, 0.05) is 49.4 Å². The Labute approximate surface area is 285 Å². The average Bonchev–Trinajstić information content (AvgIpc) is 3.37. The van der Waals surface area contributed by atoms with E-state index in [1.807, 2.05) is 27.7 Å². The molecule has 0 aliphatic carbocycles. The van der Waals surface area contributed by atoms with Crippen LogP contribution in [0.4, 0.5) is 13.2 Å². The number of oxime groups is 1. The van der Waals surface area contributed by atoms with Crippen LogP contribution in [0.3, 0.4) is 0 Å². The number of fused-ring (bicyclic) bond motifs is 5. The topological polar surface area (TPSA) is 111 Å².